The molecule has 2 atom stereocenters. The van der Waals surface area contributed by atoms with Gasteiger partial charge in [0, 0.05) is 12.5 Å². The molecule has 2 heterocycles. The maximum atomic E-state index is 6.31. The van der Waals surface area contributed by atoms with Crippen molar-refractivity contribution >= 4 is 11.6 Å². The zero-order chi connectivity index (χ0) is 11.8. The Labute approximate surface area is 107 Å². The van der Waals surface area contributed by atoms with Gasteiger partial charge in [0.1, 0.15) is 11.9 Å². The second-order valence-electron chi connectivity index (χ2n) is 5.13. The van der Waals surface area contributed by atoms with Gasteiger partial charge < -0.3 is 10.1 Å². The van der Waals surface area contributed by atoms with Crippen molar-refractivity contribution in [1.29, 1.82) is 0 Å². The first-order valence-corrected chi connectivity index (χ1v) is 6.84. The minimum atomic E-state index is 0.261. The third kappa shape index (κ3) is 2.16. The summed E-state index contributed by atoms with van der Waals surface area (Å²) in [6.45, 7) is 3.21. The van der Waals surface area contributed by atoms with Gasteiger partial charge in [-0.05, 0) is 43.5 Å². The monoisotopic (exact) mass is 251 g/mol. The Hall–Kier alpha value is -0.730. The Bertz CT molecular complexity index is 426. The zero-order valence-electron chi connectivity index (χ0n) is 10.1. The normalized spacial score (nSPS) is 27.6. The van der Waals surface area contributed by atoms with Gasteiger partial charge in [0.15, 0.2) is 0 Å². The van der Waals surface area contributed by atoms with Crippen molar-refractivity contribution in [3.8, 4) is 5.75 Å². The first-order chi connectivity index (χ1) is 8.24. The zero-order valence-corrected chi connectivity index (χ0v) is 10.9. The predicted molar refractivity (Wildman–Crippen MR) is 69.8 cm³/mol. The van der Waals surface area contributed by atoms with Crippen LogP contribution in [0.5, 0.6) is 5.75 Å². The van der Waals surface area contributed by atoms with Gasteiger partial charge in [-0.25, -0.2) is 0 Å². The summed E-state index contributed by atoms with van der Waals surface area (Å²) >= 11 is 6.31. The van der Waals surface area contributed by atoms with E-state index in [-0.39, 0.29) is 6.10 Å². The summed E-state index contributed by atoms with van der Waals surface area (Å²) in [4.78, 5) is 0. The van der Waals surface area contributed by atoms with Crippen LogP contribution in [0.25, 0.3) is 0 Å². The lowest BCUT2D eigenvalue weighted by atomic mass is 9.95. The highest BCUT2D eigenvalue weighted by molar-refractivity contribution is 6.32. The molecule has 0 radical (unpaired) electrons. The van der Waals surface area contributed by atoms with Crippen LogP contribution in [-0.4, -0.2) is 12.6 Å². The molecule has 1 saturated heterocycles. The van der Waals surface area contributed by atoms with Crippen LogP contribution >= 0.6 is 11.6 Å². The SMILES string of the molecule is CC1Cc2cc(C3CCCCN3)cc(Cl)c2O1. The topological polar surface area (TPSA) is 21.3 Å². The summed E-state index contributed by atoms with van der Waals surface area (Å²) < 4.78 is 5.73. The summed E-state index contributed by atoms with van der Waals surface area (Å²) in [6.07, 6.45) is 5.05. The van der Waals surface area contributed by atoms with Gasteiger partial charge >= 0.3 is 0 Å². The molecule has 0 spiro atoms. The lowest BCUT2D eigenvalue weighted by molar-refractivity contribution is 0.255. The van der Waals surface area contributed by atoms with Gasteiger partial charge in [0.05, 0.1) is 5.02 Å². The van der Waals surface area contributed by atoms with Crippen LogP contribution in [0, 0.1) is 0 Å². The average Bonchev–Trinajstić information content (AvgIpc) is 2.71. The van der Waals surface area contributed by atoms with Gasteiger partial charge in [-0.15, -0.1) is 0 Å². The van der Waals surface area contributed by atoms with Crippen LogP contribution < -0.4 is 10.1 Å². The molecule has 1 N–H and O–H groups in total. The molecule has 2 aliphatic rings. The van der Waals surface area contributed by atoms with Crippen molar-refractivity contribution in [2.45, 2.75) is 44.8 Å². The van der Waals surface area contributed by atoms with Crippen molar-refractivity contribution < 1.29 is 4.74 Å². The van der Waals surface area contributed by atoms with E-state index in [1.54, 1.807) is 0 Å². The molecule has 1 aromatic rings. The molecule has 92 valence electrons. The van der Waals surface area contributed by atoms with Crippen LogP contribution in [0.4, 0.5) is 0 Å². The summed E-state index contributed by atoms with van der Waals surface area (Å²) in [5, 5.41) is 4.34. The highest BCUT2D eigenvalue weighted by Crippen LogP contribution is 2.39. The highest BCUT2D eigenvalue weighted by atomic mass is 35.5. The van der Waals surface area contributed by atoms with Crippen LogP contribution in [-0.2, 0) is 6.42 Å². The van der Waals surface area contributed by atoms with Gasteiger partial charge in [-0.1, -0.05) is 24.1 Å². The number of piperidine rings is 1. The minimum Gasteiger partial charge on any atom is -0.489 e. The molecule has 0 bridgehead atoms. The van der Waals surface area contributed by atoms with Gasteiger partial charge in [-0.2, -0.15) is 0 Å². The van der Waals surface area contributed by atoms with Crippen LogP contribution in [0.15, 0.2) is 12.1 Å². The quantitative estimate of drug-likeness (QED) is 0.825. The van der Waals surface area contributed by atoms with Crippen molar-refractivity contribution in [2.24, 2.45) is 0 Å². The second-order valence-corrected chi connectivity index (χ2v) is 5.53. The smallest absolute Gasteiger partial charge is 0.141 e. The van der Waals surface area contributed by atoms with Crippen molar-refractivity contribution in [2.75, 3.05) is 6.54 Å². The molecule has 3 heteroatoms. The molecular weight excluding hydrogens is 234 g/mol. The fourth-order valence-electron chi connectivity index (χ4n) is 2.85. The summed E-state index contributed by atoms with van der Waals surface area (Å²) in [6, 6.07) is 4.82. The van der Waals surface area contributed by atoms with Crippen LogP contribution in [0.3, 0.4) is 0 Å². The van der Waals surface area contributed by atoms with Crippen molar-refractivity contribution in [1.82, 2.24) is 5.32 Å². The number of ether oxygens (including phenoxy) is 1. The molecule has 2 unspecified atom stereocenters. The number of fused-ring (bicyclic) bond motifs is 1. The second kappa shape index (κ2) is 4.51. The largest absolute Gasteiger partial charge is 0.489 e. The molecule has 1 fully saturated rings. The molecule has 2 nitrogen and oxygen atoms in total. The highest BCUT2D eigenvalue weighted by Gasteiger charge is 2.24. The van der Waals surface area contributed by atoms with E-state index in [0.717, 1.165) is 23.7 Å². The number of benzene rings is 1. The number of hydrogen-bond acceptors (Lipinski definition) is 2. The molecule has 17 heavy (non-hydrogen) atoms. The Morgan fingerprint density at radius 2 is 2.24 bits per heavy atom. The molecule has 2 aliphatic heterocycles. The third-order valence-corrected chi connectivity index (χ3v) is 3.96. The molecule has 1 aromatic carbocycles. The summed E-state index contributed by atoms with van der Waals surface area (Å²) in [5.41, 5.74) is 2.60. The van der Waals surface area contributed by atoms with E-state index in [1.165, 1.54) is 30.4 Å². The molecule has 3 rings (SSSR count). The van der Waals surface area contributed by atoms with E-state index in [9.17, 15) is 0 Å². The van der Waals surface area contributed by atoms with Gasteiger partial charge in [0.2, 0.25) is 0 Å². The fraction of sp³-hybridized carbons (Fsp3) is 0.571. The number of rotatable bonds is 1. The van der Waals surface area contributed by atoms with E-state index < -0.39 is 0 Å². The molecule has 0 aliphatic carbocycles. The van der Waals surface area contributed by atoms with Crippen molar-refractivity contribution in [3.63, 3.8) is 0 Å². The van der Waals surface area contributed by atoms with Crippen LogP contribution in [0.2, 0.25) is 5.02 Å². The Kier molecular flexibility index (Phi) is 3.01. The maximum absolute atomic E-state index is 6.31. The van der Waals surface area contributed by atoms with Gasteiger partial charge in [0.25, 0.3) is 0 Å². The van der Waals surface area contributed by atoms with Gasteiger partial charge in [-0.3, -0.25) is 0 Å². The van der Waals surface area contributed by atoms with E-state index in [0.29, 0.717) is 6.04 Å². The average molecular weight is 252 g/mol. The fourth-order valence-corrected chi connectivity index (χ4v) is 3.14. The Morgan fingerprint density at radius 1 is 1.35 bits per heavy atom. The first-order valence-electron chi connectivity index (χ1n) is 6.46. The number of hydrogen-bond donors (Lipinski definition) is 1. The summed E-state index contributed by atoms with van der Waals surface area (Å²) in [7, 11) is 0. The third-order valence-electron chi connectivity index (χ3n) is 3.68. The molecular formula is C14H18ClNO. The predicted octanol–water partition coefficient (Wildman–Crippen LogP) is 3.48. The summed E-state index contributed by atoms with van der Waals surface area (Å²) in [5.74, 6) is 0.902. The van der Waals surface area contributed by atoms with E-state index >= 15 is 0 Å². The minimum absolute atomic E-state index is 0.261. The van der Waals surface area contributed by atoms with E-state index in [4.69, 9.17) is 16.3 Å². The Balaban J connectivity index is 1.91. The molecule has 0 saturated carbocycles. The van der Waals surface area contributed by atoms with E-state index in [2.05, 4.69) is 24.4 Å². The molecule has 0 amide bonds. The maximum Gasteiger partial charge on any atom is 0.141 e. The Morgan fingerprint density at radius 3 is 3.00 bits per heavy atom. The van der Waals surface area contributed by atoms with E-state index in [1.807, 2.05) is 0 Å². The molecule has 0 aromatic heterocycles. The first kappa shape index (κ1) is 11.4. The lowest BCUT2D eigenvalue weighted by Gasteiger charge is -2.24. The number of halogens is 1. The number of nitrogens with one attached hydrogen (secondary N) is 1. The van der Waals surface area contributed by atoms with Crippen molar-refractivity contribution in [3.05, 3.63) is 28.3 Å². The lowest BCUT2D eigenvalue weighted by Crippen LogP contribution is -2.26. The van der Waals surface area contributed by atoms with Crippen LogP contribution in [0.1, 0.15) is 43.4 Å². The standard InChI is InChI=1S/C14H18ClNO/c1-9-6-11-7-10(8-12(15)14(11)17-9)13-4-2-3-5-16-13/h7-9,13,16H,2-6H2,1H3.